The zero-order valence-electron chi connectivity index (χ0n) is 16.3. The molecule has 148 valence electrons. The number of hydrogen-bond donors (Lipinski definition) is 1. The second kappa shape index (κ2) is 7.92. The number of aryl methyl sites for hydroxylation is 2. The normalized spacial score (nSPS) is 11.2. The van der Waals surface area contributed by atoms with Crippen LogP contribution in [0.2, 0.25) is 0 Å². The number of carbonyl (C=O) groups excluding carboxylic acids is 1. The van der Waals surface area contributed by atoms with Crippen LogP contribution in [0.5, 0.6) is 0 Å². The highest BCUT2D eigenvalue weighted by molar-refractivity contribution is 5.95. The molecular formula is C20H23F2N5O. The Kier molecular flexibility index (Phi) is 5.58. The van der Waals surface area contributed by atoms with Gasteiger partial charge in [0, 0.05) is 29.6 Å². The smallest absolute Gasteiger partial charge is 0.333 e. The lowest BCUT2D eigenvalue weighted by Gasteiger charge is -2.08. The second-order valence-corrected chi connectivity index (χ2v) is 6.74. The number of halogens is 2. The van der Waals surface area contributed by atoms with E-state index in [-0.39, 0.29) is 5.91 Å². The number of aromatic nitrogens is 4. The summed E-state index contributed by atoms with van der Waals surface area (Å²) in [5.41, 5.74) is 5.42. The minimum atomic E-state index is -2.70. The van der Waals surface area contributed by atoms with E-state index in [0.29, 0.717) is 40.2 Å². The van der Waals surface area contributed by atoms with Crippen LogP contribution in [0.3, 0.4) is 0 Å². The molecular weight excluding hydrogens is 364 g/mol. The van der Waals surface area contributed by atoms with E-state index in [2.05, 4.69) is 15.5 Å². The Morgan fingerprint density at radius 2 is 1.89 bits per heavy atom. The predicted octanol–water partition coefficient (Wildman–Crippen LogP) is 3.81. The highest BCUT2D eigenvalue weighted by Crippen LogP contribution is 2.25. The zero-order valence-corrected chi connectivity index (χ0v) is 16.3. The molecule has 2 aromatic heterocycles. The molecule has 0 atom stereocenters. The SMILES string of the molecule is Cc1nn(C(F)F)cc1-c1cccc(C(=O)NCCn2nc(C)c(C)c2C)c1. The first-order valence-corrected chi connectivity index (χ1v) is 9.01. The van der Waals surface area contributed by atoms with Crippen molar-refractivity contribution in [3.8, 4) is 11.1 Å². The van der Waals surface area contributed by atoms with Gasteiger partial charge >= 0.3 is 6.55 Å². The number of nitrogens with one attached hydrogen (secondary N) is 1. The van der Waals surface area contributed by atoms with Crippen molar-refractivity contribution in [2.45, 2.75) is 40.8 Å². The molecule has 1 amide bonds. The molecule has 28 heavy (non-hydrogen) atoms. The number of amides is 1. The number of hydrogen-bond acceptors (Lipinski definition) is 3. The quantitative estimate of drug-likeness (QED) is 0.700. The fraction of sp³-hybridized carbons (Fsp3) is 0.350. The van der Waals surface area contributed by atoms with Crippen LogP contribution in [-0.2, 0) is 6.54 Å². The summed E-state index contributed by atoms with van der Waals surface area (Å²) in [7, 11) is 0. The third-order valence-electron chi connectivity index (χ3n) is 4.90. The molecule has 0 aliphatic heterocycles. The first-order valence-electron chi connectivity index (χ1n) is 9.01. The topological polar surface area (TPSA) is 64.7 Å². The third kappa shape index (κ3) is 3.95. The van der Waals surface area contributed by atoms with Gasteiger partial charge < -0.3 is 5.32 Å². The number of rotatable bonds is 6. The summed E-state index contributed by atoms with van der Waals surface area (Å²) >= 11 is 0. The zero-order chi connectivity index (χ0) is 20.4. The van der Waals surface area contributed by atoms with Gasteiger partial charge in [-0.2, -0.15) is 19.0 Å². The average Bonchev–Trinajstić information content (AvgIpc) is 3.17. The van der Waals surface area contributed by atoms with Gasteiger partial charge in [0.25, 0.3) is 5.91 Å². The van der Waals surface area contributed by atoms with Crippen molar-refractivity contribution < 1.29 is 13.6 Å². The summed E-state index contributed by atoms with van der Waals surface area (Å²) in [6.45, 7) is 5.97. The molecule has 0 saturated carbocycles. The van der Waals surface area contributed by atoms with E-state index in [1.165, 1.54) is 6.20 Å². The Hall–Kier alpha value is -3.03. The average molecular weight is 387 g/mol. The maximum atomic E-state index is 12.8. The Morgan fingerprint density at radius 1 is 1.14 bits per heavy atom. The van der Waals surface area contributed by atoms with Gasteiger partial charge in [-0.1, -0.05) is 12.1 Å². The molecule has 0 aliphatic carbocycles. The Labute approximate surface area is 162 Å². The molecule has 0 fully saturated rings. The van der Waals surface area contributed by atoms with E-state index < -0.39 is 6.55 Å². The molecule has 1 aromatic carbocycles. The maximum absolute atomic E-state index is 12.8. The molecule has 0 unspecified atom stereocenters. The molecule has 0 saturated heterocycles. The van der Waals surface area contributed by atoms with E-state index >= 15 is 0 Å². The van der Waals surface area contributed by atoms with Crippen LogP contribution < -0.4 is 5.32 Å². The minimum absolute atomic E-state index is 0.223. The van der Waals surface area contributed by atoms with Crippen LogP contribution in [0.25, 0.3) is 11.1 Å². The van der Waals surface area contributed by atoms with Crippen LogP contribution >= 0.6 is 0 Å². The van der Waals surface area contributed by atoms with Crippen molar-refractivity contribution in [2.24, 2.45) is 0 Å². The van der Waals surface area contributed by atoms with Gasteiger partial charge in [-0.25, -0.2) is 4.68 Å². The fourth-order valence-electron chi connectivity index (χ4n) is 3.07. The summed E-state index contributed by atoms with van der Waals surface area (Å²) in [6, 6.07) is 6.88. The largest absolute Gasteiger partial charge is 0.350 e. The van der Waals surface area contributed by atoms with Crippen molar-refractivity contribution in [2.75, 3.05) is 6.54 Å². The van der Waals surface area contributed by atoms with Crippen LogP contribution in [0.4, 0.5) is 8.78 Å². The summed E-state index contributed by atoms with van der Waals surface area (Å²) in [5.74, 6) is -0.223. The first kappa shape index (κ1) is 19.7. The summed E-state index contributed by atoms with van der Waals surface area (Å²) in [6.07, 6.45) is 1.29. The number of alkyl halides is 2. The van der Waals surface area contributed by atoms with E-state index in [1.807, 2.05) is 25.5 Å². The van der Waals surface area contributed by atoms with Gasteiger partial charge in [-0.3, -0.25) is 9.48 Å². The predicted molar refractivity (Wildman–Crippen MR) is 102 cm³/mol. The lowest BCUT2D eigenvalue weighted by molar-refractivity contribution is 0.0563. The van der Waals surface area contributed by atoms with Crippen molar-refractivity contribution >= 4 is 5.91 Å². The number of benzene rings is 1. The molecule has 0 spiro atoms. The van der Waals surface area contributed by atoms with Gasteiger partial charge in [0.2, 0.25) is 0 Å². The van der Waals surface area contributed by atoms with Crippen LogP contribution in [0.1, 0.15) is 39.6 Å². The fourth-order valence-corrected chi connectivity index (χ4v) is 3.07. The second-order valence-electron chi connectivity index (χ2n) is 6.74. The molecule has 3 aromatic rings. The Morgan fingerprint density at radius 3 is 2.50 bits per heavy atom. The maximum Gasteiger partial charge on any atom is 0.333 e. The molecule has 0 bridgehead atoms. The van der Waals surface area contributed by atoms with Gasteiger partial charge in [0.15, 0.2) is 0 Å². The van der Waals surface area contributed by atoms with Crippen LogP contribution in [-0.4, -0.2) is 32.0 Å². The van der Waals surface area contributed by atoms with E-state index in [1.54, 1.807) is 31.2 Å². The van der Waals surface area contributed by atoms with E-state index in [4.69, 9.17) is 0 Å². The van der Waals surface area contributed by atoms with Gasteiger partial charge in [-0.05, 0) is 51.0 Å². The molecule has 8 heteroatoms. The van der Waals surface area contributed by atoms with Gasteiger partial charge in [0.05, 0.1) is 17.9 Å². The Balaban J connectivity index is 1.69. The van der Waals surface area contributed by atoms with Crippen LogP contribution in [0, 0.1) is 27.7 Å². The summed E-state index contributed by atoms with van der Waals surface area (Å²) in [4.78, 5) is 12.5. The lowest BCUT2D eigenvalue weighted by atomic mass is 10.0. The standard InChI is InChI=1S/C20H23F2N5O/c1-12-13(2)24-26(15(12)4)9-8-23-19(28)17-7-5-6-16(10-17)18-11-27(20(21)22)25-14(18)3/h5-7,10-11,20H,8-9H2,1-4H3,(H,23,28). The van der Waals surface area contributed by atoms with Crippen molar-refractivity contribution in [1.82, 2.24) is 24.9 Å². The molecule has 1 N–H and O–H groups in total. The lowest BCUT2D eigenvalue weighted by Crippen LogP contribution is -2.27. The first-order chi connectivity index (χ1) is 13.3. The molecule has 0 radical (unpaired) electrons. The Bertz CT molecular complexity index is 1010. The minimum Gasteiger partial charge on any atom is -0.350 e. The van der Waals surface area contributed by atoms with Crippen molar-refractivity contribution in [1.29, 1.82) is 0 Å². The molecule has 6 nitrogen and oxygen atoms in total. The summed E-state index contributed by atoms with van der Waals surface area (Å²) < 4.78 is 28.2. The van der Waals surface area contributed by atoms with E-state index in [0.717, 1.165) is 17.0 Å². The molecule has 0 aliphatic rings. The molecule has 3 rings (SSSR count). The van der Waals surface area contributed by atoms with Gasteiger partial charge in [-0.15, -0.1) is 0 Å². The van der Waals surface area contributed by atoms with Crippen molar-refractivity contribution in [3.63, 3.8) is 0 Å². The summed E-state index contributed by atoms with van der Waals surface area (Å²) in [5, 5.41) is 11.2. The molecule has 2 heterocycles. The van der Waals surface area contributed by atoms with Gasteiger partial charge in [0.1, 0.15) is 0 Å². The number of carbonyl (C=O) groups is 1. The number of nitrogens with zero attached hydrogens (tertiary/aromatic N) is 4. The van der Waals surface area contributed by atoms with Crippen molar-refractivity contribution in [3.05, 3.63) is 58.7 Å². The highest BCUT2D eigenvalue weighted by Gasteiger charge is 2.14. The highest BCUT2D eigenvalue weighted by atomic mass is 19.3. The third-order valence-corrected chi connectivity index (χ3v) is 4.90. The van der Waals surface area contributed by atoms with Crippen LogP contribution in [0.15, 0.2) is 30.5 Å². The monoisotopic (exact) mass is 387 g/mol. The van der Waals surface area contributed by atoms with E-state index in [9.17, 15) is 13.6 Å².